The topological polar surface area (TPSA) is 361 Å². The van der Waals surface area contributed by atoms with Crippen LogP contribution in [-0.4, -0.2) is 102 Å². The van der Waals surface area contributed by atoms with Gasteiger partial charge in [0, 0.05) is 0 Å². The normalized spacial score (nSPS) is 17.7. The van der Waals surface area contributed by atoms with E-state index in [0.29, 0.717) is 0 Å². The van der Waals surface area contributed by atoms with Crippen molar-refractivity contribution < 1.29 is 90.6 Å². The predicted octanol–water partition coefficient (Wildman–Crippen LogP) is -4.96. The smallest absolute Gasteiger partial charge is 0.367 e. The first-order valence-electron chi connectivity index (χ1n) is 6.83. The quantitative estimate of drug-likeness (QED) is 0.0965. The van der Waals surface area contributed by atoms with Gasteiger partial charge in [-0.05, 0) is 0 Å². The Morgan fingerprint density at radius 1 is 0.606 bits per heavy atom. The van der Waals surface area contributed by atoms with Crippen LogP contribution in [-0.2, 0) is 77.7 Å². The van der Waals surface area contributed by atoms with E-state index in [9.17, 15) is 46.9 Å². The fourth-order valence-electron chi connectivity index (χ4n) is 1.77. The minimum atomic E-state index is -5.98. The van der Waals surface area contributed by atoms with E-state index in [4.69, 9.17) is 28.5 Å². The Kier molecular flexibility index (Phi) is 10.6. The molecule has 0 aromatic rings. The Labute approximate surface area is 185 Å². The number of primary amides is 1. The zero-order valence-corrected chi connectivity index (χ0v) is 19.0. The van der Waals surface area contributed by atoms with Crippen LogP contribution in [0.25, 0.3) is 0 Å². The van der Waals surface area contributed by atoms with Crippen LogP contribution in [0.4, 0.5) is 0 Å². The molecule has 0 aliphatic carbocycles. The van der Waals surface area contributed by atoms with Crippen molar-refractivity contribution in [2.45, 2.75) is 24.4 Å². The molecule has 1 amide bonds. The lowest BCUT2D eigenvalue weighted by molar-refractivity contribution is -0.136. The van der Waals surface area contributed by atoms with Crippen molar-refractivity contribution in [1.29, 1.82) is 0 Å². The number of carbonyl (C=O) groups is 1. The second-order valence-corrected chi connectivity index (χ2v) is 10.4. The summed E-state index contributed by atoms with van der Waals surface area (Å²) >= 11 is 0. The summed E-state index contributed by atoms with van der Waals surface area (Å²) in [6, 6.07) is 0. The highest BCUT2D eigenvalue weighted by Gasteiger charge is 2.48. The molecule has 27 heteroatoms. The van der Waals surface area contributed by atoms with Gasteiger partial charge in [0.2, 0.25) is 0 Å². The van der Waals surface area contributed by atoms with Gasteiger partial charge in [0.05, 0.1) is 6.61 Å². The van der Waals surface area contributed by atoms with Crippen LogP contribution in [0.15, 0.2) is 0 Å². The van der Waals surface area contributed by atoms with E-state index < -0.39 is 88.9 Å². The second-order valence-electron chi connectivity index (χ2n) is 5.10. The highest BCUT2D eigenvalue weighted by molar-refractivity contribution is 7.82. The van der Waals surface area contributed by atoms with Crippen molar-refractivity contribution in [3.05, 3.63) is 0 Å². The van der Waals surface area contributed by atoms with E-state index in [1.165, 1.54) is 0 Å². The van der Waals surface area contributed by atoms with Crippen LogP contribution >= 0.6 is 0 Å². The van der Waals surface area contributed by atoms with Gasteiger partial charge in [-0.2, -0.15) is 42.1 Å². The summed E-state index contributed by atoms with van der Waals surface area (Å²) in [7, 11) is -29.2. The molecule has 0 saturated carbocycles. The third-order valence-corrected chi connectivity index (χ3v) is 4.89. The zero-order chi connectivity index (χ0) is 26.6. The fourth-order valence-corrected chi connectivity index (χ4v) is 4.02. The lowest BCUT2D eigenvalue weighted by Gasteiger charge is -2.32. The van der Waals surface area contributed by atoms with Crippen molar-refractivity contribution in [1.82, 2.24) is 0 Å². The minimum Gasteiger partial charge on any atom is -0.367 e. The van der Waals surface area contributed by atoms with Crippen LogP contribution < -0.4 is 5.73 Å². The van der Waals surface area contributed by atoms with Gasteiger partial charge in [-0.1, -0.05) is 0 Å². The van der Waals surface area contributed by atoms with Crippen LogP contribution in [0.3, 0.4) is 0 Å². The molecule has 0 radical (unpaired) electrons. The number of amides is 1. The van der Waals surface area contributed by atoms with E-state index in [-0.39, 0.29) is 0 Å². The van der Waals surface area contributed by atoms with Crippen LogP contribution in [0.1, 0.15) is 0 Å². The average molecular weight is 595 g/mol. The molecule has 0 fully saturated rings. The summed E-state index contributed by atoms with van der Waals surface area (Å²) < 4.78 is 172. The molecule has 33 heavy (non-hydrogen) atoms. The number of carbonyl (C=O) groups excluding carboxylic acids is 1. The highest BCUT2D eigenvalue weighted by atomic mass is 32.3. The summed E-state index contributed by atoms with van der Waals surface area (Å²) in [4.78, 5) is 11.5. The molecule has 0 spiro atoms. The monoisotopic (exact) mass is 595 g/mol. The summed E-state index contributed by atoms with van der Waals surface area (Å²) in [6.07, 6.45) is -13.2. The fraction of sp³-hybridized carbons (Fsp3) is 0.833. The molecule has 0 aromatic heterocycles. The first kappa shape index (κ1) is 31.8. The van der Waals surface area contributed by atoms with Crippen LogP contribution in [0, 0.1) is 0 Å². The maximum absolute atomic E-state index is 11.5. The molecule has 0 aliphatic rings. The Morgan fingerprint density at radius 3 is 1.27 bits per heavy atom. The van der Waals surface area contributed by atoms with Crippen molar-refractivity contribution in [2.24, 2.45) is 5.73 Å². The van der Waals surface area contributed by atoms with E-state index in [0.717, 1.165) is 0 Å². The molecule has 7 N–H and O–H groups in total. The van der Waals surface area contributed by atoms with Crippen LogP contribution in [0.5, 0.6) is 0 Å². The number of hydrogen-bond acceptors (Lipinski definition) is 16. The zero-order valence-electron chi connectivity index (χ0n) is 14.9. The lowest BCUT2D eigenvalue weighted by Crippen LogP contribution is -2.56. The SMILES string of the molecule is NC(=O)[C@H](OS(=O)(=O)O)[C@@H](OS(=O)(=O)O)[C@@H](OS(=O)(=O)O)[C@@H](COS(=O)(=O)O)OS(=O)(=O)O. The Balaban J connectivity index is 7.00. The predicted molar refractivity (Wildman–Crippen MR) is 92.4 cm³/mol. The lowest BCUT2D eigenvalue weighted by atomic mass is 10.0. The molecule has 4 atom stereocenters. The molecule has 0 aliphatic heterocycles. The van der Waals surface area contributed by atoms with E-state index in [1.54, 1.807) is 0 Å². The van der Waals surface area contributed by atoms with Crippen LogP contribution in [0.2, 0.25) is 0 Å². The Morgan fingerprint density at radius 2 is 0.970 bits per heavy atom. The third-order valence-electron chi connectivity index (χ3n) is 2.59. The molecule has 0 bridgehead atoms. The van der Waals surface area contributed by atoms with E-state index in [2.05, 4.69) is 20.9 Å². The molecular weight excluding hydrogens is 582 g/mol. The molecule has 0 rings (SSSR count). The second kappa shape index (κ2) is 11.0. The number of nitrogens with two attached hydrogens (primary N) is 1. The van der Waals surface area contributed by atoms with Gasteiger partial charge < -0.3 is 5.73 Å². The van der Waals surface area contributed by atoms with Gasteiger partial charge in [0.15, 0.2) is 6.10 Å². The van der Waals surface area contributed by atoms with Crippen molar-refractivity contribution >= 4 is 57.9 Å². The van der Waals surface area contributed by atoms with Gasteiger partial charge in [0.25, 0.3) is 5.91 Å². The number of rotatable bonds is 15. The molecular formula is C6H13NO21S5. The summed E-state index contributed by atoms with van der Waals surface area (Å²) in [6.45, 7) is -2.00. The largest absolute Gasteiger partial charge is 0.398 e. The average Bonchev–Trinajstić information content (AvgIpc) is 2.48. The van der Waals surface area contributed by atoms with Gasteiger partial charge in [0.1, 0.15) is 18.3 Å². The van der Waals surface area contributed by atoms with E-state index in [1.807, 2.05) is 0 Å². The maximum atomic E-state index is 11.5. The van der Waals surface area contributed by atoms with Crippen molar-refractivity contribution in [2.75, 3.05) is 6.61 Å². The van der Waals surface area contributed by atoms with Crippen molar-refractivity contribution in [3.8, 4) is 0 Å². The Hall–Kier alpha value is -1.18. The summed E-state index contributed by atoms with van der Waals surface area (Å²) in [5, 5.41) is 0. The third kappa shape index (κ3) is 15.4. The number of hydrogen-bond donors (Lipinski definition) is 6. The van der Waals surface area contributed by atoms with Gasteiger partial charge in [-0.15, -0.1) is 0 Å². The molecule has 0 aromatic carbocycles. The molecule has 22 nitrogen and oxygen atoms in total. The standard InChI is InChI=1S/C6H13NO21S5/c7-6(8)5(28-33(21,22)23)4(27-32(18,19)20)3(26-31(15,16)17)2(25-30(12,13)14)1-24-29(9,10)11/h2-5H,1H2,(H2,7,8)(H,9,10,11)(H,12,13,14)(H,15,16,17)(H,18,19,20)(H,21,22,23)/t2-,3+,4+,5-/m1/s1. The molecule has 198 valence electrons. The minimum absolute atomic E-state index is 2.00. The molecule has 0 heterocycles. The molecule has 0 unspecified atom stereocenters. The van der Waals surface area contributed by atoms with Gasteiger partial charge in [-0.25, -0.2) is 20.9 Å². The highest BCUT2D eigenvalue weighted by Crippen LogP contribution is 2.23. The van der Waals surface area contributed by atoms with Gasteiger partial charge >= 0.3 is 52.0 Å². The first-order valence-corrected chi connectivity index (χ1v) is 13.7. The van der Waals surface area contributed by atoms with Gasteiger partial charge in [-0.3, -0.25) is 27.6 Å². The Bertz CT molecular complexity index is 1230. The first-order chi connectivity index (χ1) is 14.3. The van der Waals surface area contributed by atoms with E-state index >= 15 is 0 Å². The maximum Gasteiger partial charge on any atom is 0.398 e. The van der Waals surface area contributed by atoms with Crippen molar-refractivity contribution in [3.63, 3.8) is 0 Å². The summed E-state index contributed by atoms with van der Waals surface area (Å²) in [5.41, 5.74) is 4.70. The summed E-state index contributed by atoms with van der Waals surface area (Å²) in [5.74, 6) is -2.19. The molecule has 0 saturated heterocycles.